The highest BCUT2D eigenvalue weighted by Gasteiger charge is 2.22. The van der Waals surface area contributed by atoms with Gasteiger partial charge >= 0.3 is 0 Å². The van der Waals surface area contributed by atoms with E-state index in [2.05, 4.69) is 0 Å². The van der Waals surface area contributed by atoms with E-state index in [-0.39, 0.29) is 5.75 Å². The Hall–Kier alpha value is -1.08. The summed E-state index contributed by atoms with van der Waals surface area (Å²) in [6.07, 6.45) is 0. The van der Waals surface area contributed by atoms with Crippen molar-refractivity contribution in [1.82, 2.24) is 4.31 Å². The molecule has 0 aliphatic heterocycles. The summed E-state index contributed by atoms with van der Waals surface area (Å²) in [6.45, 7) is 2.59. The van der Waals surface area contributed by atoms with Crippen molar-refractivity contribution in [3.05, 3.63) is 51.2 Å². The van der Waals surface area contributed by atoms with Gasteiger partial charge in [-0.3, -0.25) is 0 Å². The molecule has 0 aliphatic rings. The predicted molar refractivity (Wildman–Crippen MR) is 88.9 cm³/mol. The van der Waals surface area contributed by atoms with Crippen LogP contribution in [-0.2, 0) is 22.3 Å². The summed E-state index contributed by atoms with van der Waals surface area (Å²) >= 11 is 7.28. The van der Waals surface area contributed by atoms with E-state index in [0.29, 0.717) is 28.7 Å². The van der Waals surface area contributed by atoms with E-state index in [9.17, 15) is 8.42 Å². The molecule has 1 heterocycles. The van der Waals surface area contributed by atoms with E-state index >= 15 is 0 Å². The summed E-state index contributed by atoms with van der Waals surface area (Å²) in [5.41, 5.74) is 6.95. The van der Waals surface area contributed by atoms with Crippen LogP contribution in [0.25, 0.3) is 0 Å². The first-order valence-electron chi connectivity index (χ1n) is 6.47. The maximum atomic E-state index is 12.5. The van der Waals surface area contributed by atoms with E-state index in [1.807, 2.05) is 13.0 Å². The fourth-order valence-corrected chi connectivity index (χ4v) is 4.70. The van der Waals surface area contributed by atoms with E-state index in [0.717, 1.165) is 4.88 Å². The Morgan fingerprint density at radius 2 is 2.05 bits per heavy atom. The lowest BCUT2D eigenvalue weighted by Crippen LogP contribution is -2.31. The molecule has 0 radical (unpaired) electrons. The van der Waals surface area contributed by atoms with Crippen molar-refractivity contribution < 1.29 is 8.42 Å². The SMILES string of the molecule is CCN(Cc1ccc(Cl)s1)S(=O)(=O)Cc1cccc(N)c1. The summed E-state index contributed by atoms with van der Waals surface area (Å²) in [5, 5.41) is 0. The highest BCUT2D eigenvalue weighted by Crippen LogP contribution is 2.24. The quantitative estimate of drug-likeness (QED) is 0.817. The summed E-state index contributed by atoms with van der Waals surface area (Å²) in [4.78, 5) is 0.929. The molecule has 0 bridgehead atoms. The minimum atomic E-state index is -3.39. The number of hydrogen-bond donors (Lipinski definition) is 1. The number of nitrogens with two attached hydrogens (primary N) is 1. The number of benzene rings is 1. The average molecular weight is 345 g/mol. The van der Waals surface area contributed by atoms with Gasteiger partial charge in [0, 0.05) is 23.7 Å². The van der Waals surface area contributed by atoms with Crippen LogP contribution in [-0.4, -0.2) is 19.3 Å². The number of hydrogen-bond acceptors (Lipinski definition) is 4. The zero-order valence-corrected chi connectivity index (χ0v) is 14.0. The minimum Gasteiger partial charge on any atom is -0.399 e. The Morgan fingerprint density at radius 3 is 2.62 bits per heavy atom. The monoisotopic (exact) mass is 344 g/mol. The second-order valence-electron chi connectivity index (χ2n) is 4.63. The van der Waals surface area contributed by atoms with Gasteiger partial charge in [0.2, 0.25) is 10.0 Å². The lowest BCUT2D eigenvalue weighted by molar-refractivity contribution is 0.425. The van der Waals surface area contributed by atoms with Crippen LogP contribution in [0.3, 0.4) is 0 Å². The van der Waals surface area contributed by atoms with Gasteiger partial charge in [0.25, 0.3) is 0 Å². The molecule has 0 spiro atoms. The molecule has 7 heteroatoms. The van der Waals surface area contributed by atoms with Crippen LogP contribution < -0.4 is 5.73 Å². The molecule has 0 saturated heterocycles. The smallest absolute Gasteiger partial charge is 0.218 e. The molecule has 0 saturated carbocycles. The first-order valence-corrected chi connectivity index (χ1v) is 9.27. The zero-order valence-electron chi connectivity index (χ0n) is 11.6. The van der Waals surface area contributed by atoms with Crippen LogP contribution in [0.2, 0.25) is 4.34 Å². The lowest BCUT2D eigenvalue weighted by atomic mass is 10.2. The Labute approximate surface area is 134 Å². The Bertz CT molecular complexity index is 713. The molecule has 2 rings (SSSR count). The molecule has 21 heavy (non-hydrogen) atoms. The molecule has 1 aromatic heterocycles. The van der Waals surface area contributed by atoms with Gasteiger partial charge < -0.3 is 5.73 Å². The van der Waals surface area contributed by atoms with Crippen molar-refractivity contribution in [2.24, 2.45) is 0 Å². The van der Waals surface area contributed by atoms with E-state index in [1.54, 1.807) is 30.3 Å². The molecular weight excluding hydrogens is 328 g/mol. The highest BCUT2D eigenvalue weighted by atomic mass is 35.5. The lowest BCUT2D eigenvalue weighted by Gasteiger charge is -2.20. The van der Waals surface area contributed by atoms with Crippen LogP contribution in [0.1, 0.15) is 17.4 Å². The molecule has 4 nitrogen and oxygen atoms in total. The van der Waals surface area contributed by atoms with Crippen molar-refractivity contribution in [1.29, 1.82) is 0 Å². The molecule has 114 valence electrons. The number of halogens is 1. The third-order valence-electron chi connectivity index (χ3n) is 3.01. The third-order valence-corrected chi connectivity index (χ3v) is 6.10. The van der Waals surface area contributed by atoms with Crippen LogP contribution >= 0.6 is 22.9 Å². The van der Waals surface area contributed by atoms with Crippen molar-refractivity contribution in [2.45, 2.75) is 19.2 Å². The van der Waals surface area contributed by atoms with Gasteiger partial charge in [-0.2, -0.15) is 4.31 Å². The van der Waals surface area contributed by atoms with Crippen molar-refractivity contribution >= 4 is 38.6 Å². The van der Waals surface area contributed by atoms with Crippen molar-refractivity contribution in [3.8, 4) is 0 Å². The largest absolute Gasteiger partial charge is 0.399 e. The van der Waals surface area contributed by atoms with Gasteiger partial charge in [0.15, 0.2) is 0 Å². The fraction of sp³-hybridized carbons (Fsp3) is 0.286. The molecule has 0 amide bonds. The van der Waals surface area contributed by atoms with Crippen LogP contribution in [0.15, 0.2) is 36.4 Å². The van der Waals surface area contributed by atoms with Gasteiger partial charge in [-0.1, -0.05) is 30.7 Å². The van der Waals surface area contributed by atoms with E-state index < -0.39 is 10.0 Å². The maximum absolute atomic E-state index is 12.5. The highest BCUT2D eigenvalue weighted by molar-refractivity contribution is 7.88. The summed E-state index contributed by atoms with van der Waals surface area (Å²) in [6, 6.07) is 10.6. The van der Waals surface area contributed by atoms with Crippen LogP contribution in [0.4, 0.5) is 5.69 Å². The van der Waals surface area contributed by atoms with Gasteiger partial charge in [0.05, 0.1) is 10.1 Å². The van der Waals surface area contributed by atoms with Crippen LogP contribution in [0, 0.1) is 0 Å². The van der Waals surface area contributed by atoms with Gasteiger partial charge in [0.1, 0.15) is 0 Å². The second kappa shape index (κ2) is 6.79. The van der Waals surface area contributed by atoms with Gasteiger partial charge in [-0.25, -0.2) is 8.42 Å². The molecule has 0 unspecified atom stereocenters. The summed E-state index contributed by atoms with van der Waals surface area (Å²) in [5.74, 6) is -0.0506. The Kier molecular flexibility index (Phi) is 5.27. The van der Waals surface area contributed by atoms with E-state index in [1.165, 1.54) is 15.6 Å². The first-order chi connectivity index (χ1) is 9.90. The van der Waals surface area contributed by atoms with Crippen LogP contribution in [0.5, 0.6) is 0 Å². The van der Waals surface area contributed by atoms with E-state index in [4.69, 9.17) is 17.3 Å². The molecular formula is C14H17ClN2O2S2. The first kappa shape index (κ1) is 16.3. The van der Waals surface area contributed by atoms with Gasteiger partial charge in [-0.05, 0) is 29.8 Å². The predicted octanol–water partition coefficient (Wildman–Crippen LogP) is 3.34. The maximum Gasteiger partial charge on any atom is 0.218 e. The Morgan fingerprint density at radius 1 is 1.29 bits per heavy atom. The van der Waals surface area contributed by atoms with Crippen molar-refractivity contribution in [2.75, 3.05) is 12.3 Å². The molecule has 0 fully saturated rings. The topological polar surface area (TPSA) is 63.4 Å². The molecule has 0 aliphatic carbocycles. The second-order valence-corrected chi connectivity index (χ2v) is 8.40. The standard InChI is InChI=1S/C14H17ClN2O2S2/c1-2-17(9-13-6-7-14(15)20-13)21(18,19)10-11-4-3-5-12(16)8-11/h3-8H,2,9-10,16H2,1H3. The summed E-state index contributed by atoms with van der Waals surface area (Å²) in [7, 11) is -3.39. The molecule has 2 aromatic rings. The number of sulfonamides is 1. The number of thiophene rings is 1. The molecule has 0 atom stereocenters. The molecule has 2 N–H and O–H groups in total. The Balaban J connectivity index is 2.15. The number of nitrogens with zero attached hydrogens (tertiary/aromatic N) is 1. The fourth-order valence-electron chi connectivity index (χ4n) is 2.00. The minimum absolute atomic E-state index is 0.0506. The van der Waals surface area contributed by atoms with Crippen molar-refractivity contribution in [3.63, 3.8) is 0 Å². The zero-order chi connectivity index (χ0) is 15.5. The van der Waals surface area contributed by atoms with Gasteiger partial charge in [-0.15, -0.1) is 11.3 Å². The normalized spacial score (nSPS) is 12.0. The number of rotatable bonds is 6. The molecule has 1 aromatic carbocycles. The average Bonchev–Trinajstić information content (AvgIpc) is 2.81. The number of anilines is 1. The third kappa shape index (κ3) is 4.44. The number of nitrogen functional groups attached to an aromatic ring is 1. The summed E-state index contributed by atoms with van der Waals surface area (Å²) < 4.78 is 27.1.